The fourth-order valence-electron chi connectivity index (χ4n) is 2.84. The Labute approximate surface area is 107 Å². The second-order valence-electron chi connectivity index (χ2n) is 5.07. The highest BCUT2D eigenvalue weighted by Gasteiger charge is 2.31. The Hall–Kier alpha value is -1.36. The zero-order valence-corrected chi connectivity index (χ0v) is 10.5. The van der Waals surface area contributed by atoms with E-state index in [2.05, 4.69) is 5.10 Å². The number of ether oxygens (including phenoxy) is 1. The molecule has 1 aromatic rings. The Morgan fingerprint density at radius 2 is 2.28 bits per heavy atom. The molecule has 2 atom stereocenters. The highest BCUT2D eigenvalue weighted by atomic mass is 16.5. The van der Waals surface area contributed by atoms with Crippen LogP contribution in [0.1, 0.15) is 31.7 Å². The van der Waals surface area contributed by atoms with Crippen molar-refractivity contribution in [1.82, 2.24) is 14.7 Å². The number of carbonyl (C=O) groups is 1. The van der Waals surface area contributed by atoms with Gasteiger partial charge in [-0.25, -0.2) is 0 Å². The number of amides is 1. The summed E-state index contributed by atoms with van der Waals surface area (Å²) < 4.78 is 7.45. The average Bonchev–Trinajstić information content (AvgIpc) is 3.11. The molecule has 2 aliphatic rings. The van der Waals surface area contributed by atoms with Gasteiger partial charge in [-0.15, -0.1) is 0 Å². The molecule has 2 fully saturated rings. The Balaban J connectivity index is 1.64. The molecule has 0 bridgehead atoms. The lowest BCUT2D eigenvalue weighted by molar-refractivity contribution is -0.142. The van der Waals surface area contributed by atoms with Gasteiger partial charge < -0.3 is 9.64 Å². The molecule has 5 heteroatoms. The molecule has 1 aromatic heterocycles. The first-order valence-corrected chi connectivity index (χ1v) is 6.74. The van der Waals surface area contributed by atoms with Crippen molar-refractivity contribution in [3.63, 3.8) is 0 Å². The summed E-state index contributed by atoms with van der Waals surface area (Å²) >= 11 is 0. The maximum absolute atomic E-state index is 12.3. The molecule has 1 amide bonds. The third kappa shape index (κ3) is 2.27. The molecular weight excluding hydrogens is 230 g/mol. The normalized spacial score (nSPS) is 28.6. The lowest BCUT2D eigenvalue weighted by Gasteiger charge is -2.34. The molecule has 2 saturated heterocycles. The van der Waals surface area contributed by atoms with Gasteiger partial charge in [0.2, 0.25) is 0 Å². The van der Waals surface area contributed by atoms with Crippen LogP contribution in [0.5, 0.6) is 0 Å². The number of hydrogen-bond acceptors (Lipinski definition) is 3. The third-order valence-electron chi connectivity index (χ3n) is 3.81. The van der Waals surface area contributed by atoms with Crippen LogP contribution in [0.2, 0.25) is 0 Å². The summed E-state index contributed by atoms with van der Waals surface area (Å²) in [6.45, 7) is 2.35. The van der Waals surface area contributed by atoms with E-state index in [1.54, 1.807) is 6.20 Å². The first-order chi connectivity index (χ1) is 8.84. The summed E-state index contributed by atoms with van der Waals surface area (Å²) in [5.41, 5.74) is 0. The van der Waals surface area contributed by atoms with Gasteiger partial charge in [-0.05, 0) is 31.7 Å². The van der Waals surface area contributed by atoms with E-state index in [4.69, 9.17) is 4.74 Å². The summed E-state index contributed by atoms with van der Waals surface area (Å²) in [5.74, 6) is 0.171. The van der Waals surface area contributed by atoms with E-state index in [0.717, 1.165) is 45.4 Å². The molecule has 0 unspecified atom stereocenters. The van der Waals surface area contributed by atoms with Crippen molar-refractivity contribution in [2.75, 3.05) is 19.7 Å². The number of rotatable bonds is 2. The second kappa shape index (κ2) is 5.10. The number of aromatic nitrogens is 2. The first kappa shape index (κ1) is 11.7. The van der Waals surface area contributed by atoms with Gasteiger partial charge in [-0.2, -0.15) is 5.10 Å². The van der Waals surface area contributed by atoms with Crippen molar-refractivity contribution in [2.24, 2.45) is 0 Å². The van der Waals surface area contributed by atoms with Crippen LogP contribution in [0.25, 0.3) is 0 Å². The van der Waals surface area contributed by atoms with E-state index >= 15 is 0 Å². The molecule has 2 aliphatic heterocycles. The van der Waals surface area contributed by atoms with E-state index in [1.807, 2.05) is 21.8 Å². The van der Waals surface area contributed by atoms with Gasteiger partial charge in [0.15, 0.2) is 0 Å². The summed E-state index contributed by atoms with van der Waals surface area (Å²) in [7, 11) is 0. The highest BCUT2D eigenvalue weighted by molar-refractivity contribution is 5.81. The average molecular weight is 249 g/mol. The Morgan fingerprint density at radius 1 is 1.33 bits per heavy atom. The number of nitrogens with zero attached hydrogens (tertiary/aromatic N) is 3. The maximum Gasteiger partial charge on any atom is 0.251 e. The van der Waals surface area contributed by atoms with Crippen LogP contribution in [0.4, 0.5) is 0 Å². The third-order valence-corrected chi connectivity index (χ3v) is 3.81. The van der Waals surface area contributed by atoms with E-state index in [9.17, 15) is 4.79 Å². The number of piperidine rings is 1. The van der Waals surface area contributed by atoms with Gasteiger partial charge in [-0.3, -0.25) is 9.48 Å². The van der Waals surface area contributed by atoms with Gasteiger partial charge in [0.05, 0.1) is 6.04 Å². The van der Waals surface area contributed by atoms with E-state index < -0.39 is 0 Å². The molecule has 0 spiro atoms. The Kier molecular flexibility index (Phi) is 3.32. The molecule has 18 heavy (non-hydrogen) atoms. The van der Waals surface area contributed by atoms with Gasteiger partial charge >= 0.3 is 0 Å². The SMILES string of the molecule is O=C([C@@H]1CCCO1)N1CCC[C@@H](n2cccn2)C1. The summed E-state index contributed by atoms with van der Waals surface area (Å²) in [5, 5.41) is 4.28. The lowest BCUT2D eigenvalue weighted by Crippen LogP contribution is -2.45. The smallest absolute Gasteiger partial charge is 0.251 e. The predicted molar refractivity (Wildman–Crippen MR) is 66.1 cm³/mol. The lowest BCUT2D eigenvalue weighted by atomic mass is 10.0. The first-order valence-electron chi connectivity index (χ1n) is 6.74. The number of likely N-dealkylation sites (tertiary alicyclic amines) is 1. The zero-order chi connectivity index (χ0) is 12.4. The molecular formula is C13H19N3O2. The van der Waals surface area contributed by atoms with Crippen molar-refractivity contribution in [3.8, 4) is 0 Å². The van der Waals surface area contributed by atoms with Crippen LogP contribution in [0.3, 0.4) is 0 Å². The molecule has 0 radical (unpaired) electrons. The van der Waals surface area contributed by atoms with Crippen molar-refractivity contribution >= 4 is 5.91 Å². The van der Waals surface area contributed by atoms with Crippen molar-refractivity contribution < 1.29 is 9.53 Å². The van der Waals surface area contributed by atoms with E-state index in [1.165, 1.54) is 0 Å². The van der Waals surface area contributed by atoms with Crippen molar-refractivity contribution in [2.45, 2.75) is 37.8 Å². The number of carbonyl (C=O) groups excluding carboxylic acids is 1. The van der Waals surface area contributed by atoms with Crippen LogP contribution >= 0.6 is 0 Å². The predicted octanol–water partition coefficient (Wildman–Crippen LogP) is 1.23. The quantitative estimate of drug-likeness (QED) is 0.792. The molecule has 0 saturated carbocycles. The minimum Gasteiger partial charge on any atom is -0.368 e. The van der Waals surface area contributed by atoms with Crippen LogP contribution in [0.15, 0.2) is 18.5 Å². The fraction of sp³-hybridized carbons (Fsp3) is 0.692. The van der Waals surface area contributed by atoms with Gasteiger partial charge in [-0.1, -0.05) is 0 Å². The summed E-state index contributed by atoms with van der Waals surface area (Å²) in [6, 6.07) is 2.25. The monoisotopic (exact) mass is 249 g/mol. The fourth-order valence-corrected chi connectivity index (χ4v) is 2.84. The highest BCUT2D eigenvalue weighted by Crippen LogP contribution is 2.23. The standard InChI is InChI=1S/C13H19N3O2/c17-13(12-5-2-9-18-12)15-7-1-4-11(10-15)16-8-3-6-14-16/h3,6,8,11-12H,1-2,4-5,7,9-10H2/t11-,12+/m1/s1. The second-order valence-corrected chi connectivity index (χ2v) is 5.07. The summed E-state index contributed by atoms with van der Waals surface area (Å²) in [4.78, 5) is 14.2. The van der Waals surface area contributed by atoms with E-state index in [-0.39, 0.29) is 12.0 Å². The van der Waals surface area contributed by atoms with Crippen LogP contribution in [-0.2, 0) is 9.53 Å². The number of hydrogen-bond donors (Lipinski definition) is 0. The zero-order valence-electron chi connectivity index (χ0n) is 10.5. The van der Waals surface area contributed by atoms with Gasteiger partial charge in [0.25, 0.3) is 5.91 Å². The molecule has 0 aromatic carbocycles. The molecule has 0 N–H and O–H groups in total. The maximum atomic E-state index is 12.3. The Bertz CT molecular complexity index is 398. The largest absolute Gasteiger partial charge is 0.368 e. The van der Waals surface area contributed by atoms with Crippen molar-refractivity contribution in [1.29, 1.82) is 0 Å². The molecule has 3 rings (SSSR count). The van der Waals surface area contributed by atoms with Crippen molar-refractivity contribution in [3.05, 3.63) is 18.5 Å². The minimum absolute atomic E-state index is 0.171. The minimum atomic E-state index is -0.193. The van der Waals surface area contributed by atoms with Crippen LogP contribution < -0.4 is 0 Å². The molecule has 3 heterocycles. The van der Waals surface area contributed by atoms with Crippen LogP contribution in [-0.4, -0.2) is 46.4 Å². The molecule has 5 nitrogen and oxygen atoms in total. The van der Waals surface area contributed by atoms with Crippen LogP contribution in [0, 0.1) is 0 Å². The Morgan fingerprint density at radius 3 is 3.00 bits per heavy atom. The van der Waals surface area contributed by atoms with E-state index in [0.29, 0.717) is 6.04 Å². The van der Waals surface area contributed by atoms with Gasteiger partial charge in [0, 0.05) is 32.1 Å². The molecule has 0 aliphatic carbocycles. The van der Waals surface area contributed by atoms with Gasteiger partial charge in [0.1, 0.15) is 6.10 Å². The summed E-state index contributed by atoms with van der Waals surface area (Å²) in [6.07, 6.45) is 7.60. The topological polar surface area (TPSA) is 47.4 Å². The molecule has 98 valence electrons.